The first-order chi connectivity index (χ1) is 11.8. The normalized spacial score (nSPS) is 21.0. The van der Waals surface area contributed by atoms with Crippen LogP contribution in [0.2, 0.25) is 0 Å². The van der Waals surface area contributed by atoms with Crippen molar-refractivity contribution >= 4 is 32.9 Å². The van der Waals surface area contributed by atoms with Crippen LogP contribution in [0.25, 0.3) is 0 Å². The number of sulfone groups is 1. The summed E-state index contributed by atoms with van der Waals surface area (Å²) in [6, 6.07) is 0. The number of Topliss-reactive ketones (excluding diaryl/α,β-unsaturated/α-hetero) is 1. The zero-order valence-corrected chi connectivity index (χ0v) is 16.4. The molecule has 8 heteroatoms. The number of halogens is 1. The first-order valence-electron chi connectivity index (χ1n) is 8.38. The van der Waals surface area contributed by atoms with Crippen LogP contribution >= 0.6 is 11.6 Å². The van der Waals surface area contributed by atoms with Crippen molar-refractivity contribution in [3.63, 3.8) is 0 Å². The summed E-state index contributed by atoms with van der Waals surface area (Å²) in [6.07, 6.45) is 2.81. The number of aliphatic hydroxyl groups excluding tert-OH is 1. The van der Waals surface area contributed by atoms with E-state index >= 15 is 0 Å². The summed E-state index contributed by atoms with van der Waals surface area (Å²) >= 11 is 5.39. The highest BCUT2D eigenvalue weighted by molar-refractivity contribution is 7.91. The van der Waals surface area contributed by atoms with Crippen LogP contribution in [0.3, 0.4) is 0 Å². The van der Waals surface area contributed by atoms with Gasteiger partial charge in [0.2, 0.25) is 0 Å². The molecule has 1 aliphatic carbocycles. The van der Waals surface area contributed by atoms with Gasteiger partial charge in [-0.15, -0.1) is 0 Å². The summed E-state index contributed by atoms with van der Waals surface area (Å²) in [5.74, 6) is -0.389. The lowest BCUT2D eigenvalue weighted by Crippen LogP contribution is -2.29. The second-order valence-corrected chi connectivity index (χ2v) is 9.03. The van der Waals surface area contributed by atoms with Crippen LogP contribution in [0.1, 0.15) is 46.5 Å². The summed E-state index contributed by atoms with van der Waals surface area (Å²) < 4.78 is 23.8. The number of aliphatic hydroxyl groups is 1. The number of rotatable bonds is 9. The average molecular weight is 392 g/mol. The van der Waals surface area contributed by atoms with Crippen molar-refractivity contribution in [1.82, 2.24) is 0 Å². The van der Waals surface area contributed by atoms with E-state index in [4.69, 9.17) is 16.4 Å². The van der Waals surface area contributed by atoms with Gasteiger partial charge in [-0.25, -0.2) is 8.42 Å². The van der Waals surface area contributed by atoms with Crippen molar-refractivity contribution in [2.24, 2.45) is 11.1 Å². The van der Waals surface area contributed by atoms with Gasteiger partial charge in [0.05, 0.1) is 16.5 Å². The molecule has 2 unspecified atom stereocenters. The van der Waals surface area contributed by atoms with Gasteiger partial charge in [0.15, 0.2) is 15.6 Å². The van der Waals surface area contributed by atoms with Gasteiger partial charge in [0.25, 0.3) is 0 Å². The van der Waals surface area contributed by atoms with E-state index in [9.17, 15) is 18.3 Å². The lowest BCUT2D eigenvalue weighted by molar-refractivity contribution is -0.116. The van der Waals surface area contributed by atoms with Crippen LogP contribution in [0.15, 0.2) is 28.1 Å². The standard InChI is InChI=1S/C17H26ClNO5S/c1-4-14(19-24-8-6-7-18)17-15(20)10-13(11-16(17)21)9-12(3)25(22,23)5-2/h6-7,12-13,20H,4-5,8-11H2,1-3H3/b7-6+,19-14-. The molecule has 0 fully saturated rings. The van der Waals surface area contributed by atoms with Gasteiger partial charge in [0, 0.05) is 24.1 Å². The minimum absolute atomic E-state index is 0.0422. The lowest BCUT2D eigenvalue weighted by Gasteiger charge is -2.25. The van der Waals surface area contributed by atoms with Gasteiger partial charge in [0.1, 0.15) is 12.4 Å². The summed E-state index contributed by atoms with van der Waals surface area (Å²) in [4.78, 5) is 17.5. The highest BCUT2D eigenvalue weighted by atomic mass is 35.5. The maximum absolute atomic E-state index is 12.5. The summed E-state index contributed by atoms with van der Waals surface area (Å²) in [5.41, 5.74) is 1.89. The zero-order valence-electron chi connectivity index (χ0n) is 14.9. The number of hydrogen-bond donors (Lipinski definition) is 1. The number of oxime groups is 1. The number of ketones is 1. The van der Waals surface area contributed by atoms with Crippen LogP contribution in [0.4, 0.5) is 0 Å². The second-order valence-electron chi connectivity index (χ2n) is 6.07. The van der Waals surface area contributed by atoms with Crippen LogP contribution in [-0.4, -0.2) is 42.6 Å². The molecular formula is C17H26ClNO5S. The maximum Gasteiger partial charge on any atom is 0.168 e. The number of carbonyl (C=O) groups is 1. The predicted octanol–water partition coefficient (Wildman–Crippen LogP) is 3.53. The van der Waals surface area contributed by atoms with Crippen LogP contribution in [0, 0.1) is 5.92 Å². The molecule has 2 atom stereocenters. The largest absolute Gasteiger partial charge is 0.511 e. The van der Waals surface area contributed by atoms with Crippen molar-refractivity contribution < 1.29 is 23.2 Å². The average Bonchev–Trinajstić information content (AvgIpc) is 2.56. The summed E-state index contributed by atoms with van der Waals surface area (Å²) in [7, 11) is -3.15. The number of nitrogens with zero attached hydrogens (tertiary/aromatic N) is 1. The number of hydrogen-bond acceptors (Lipinski definition) is 6. The van der Waals surface area contributed by atoms with Gasteiger partial charge in [-0.3, -0.25) is 4.79 Å². The molecule has 1 rings (SSSR count). The minimum atomic E-state index is -3.15. The summed E-state index contributed by atoms with van der Waals surface area (Å²) in [5, 5.41) is 13.7. The van der Waals surface area contributed by atoms with Crippen molar-refractivity contribution in [1.29, 1.82) is 0 Å². The third-order valence-corrected chi connectivity index (χ3v) is 6.66. The third kappa shape index (κ3) is 6.15. The summed E-state index contributed by atoms with van der Waals surface area (Å²) in [6.45, 7) is 5.24. The molecule has 0 bridgehead atoms. The molecule has 0 aromatic heterocycles. The van der Waals surface area contributed by atoms with E-state index in [1.54, 1.807) is 19.9 Å². The molecule has 0 amide bonds. The fourth-order valence-corrected chi connectivity index (χ4v) is 4.06. The van der Waals surface area contributed by atoms with Crippen molar-refractivity contribution in [2.75, 3.05) is 12.4 Å². The Morgan fingerprint density at radius 2 is 2.12 bits per heavy atom. The first-order valence-corrected chi connectivity index (χ1v) is 10.5. The van der Waals surface area contributed by atoms with E-state index < -0.39 is 15.1 Å². The van der Waals surface area contributed by atoms with E-state index in [0.29, 0.717) is 18.6 Å². The Balaban J connectivity index is 2.89. The molecular weight excluding hydrogens is 366 g/mol. The fraction of sp³-hybridized carbons (Fsp3) is 0.647. The molecule has 0 saturated carbocycles. The molecule has 0 radical (unpaired) electrons. The Labute approximate surface area is 154 Å². The van der Waals surface area contributed by atoms with Gasteiger partial charge in [-0.2, -0.15) is 0 Å². The van der Waals surface area contributed by atoms with Crippen LogP contribution in [0.5, 0.6) is 0 Å². The molecule has 0 aliphatic heterocycles. The lowest BCUT2D eigenvalue weighted by atomic mass is 9.82. The zero-order chi connectivity index (χ0) is 19.0. The molecule has 1 N–H and O–H groups in total. The molecule has 25 heavy (non-hydrogen) atoms. The third-order valence-electron chi connectivity index (χ3n) is 4.26. The molecule has 1 aliphatic rings. The number of carbonyl (C=O) groups excluding carboxylic acids is 1. The minimum Gasteiger partial charge on any atom is -0.511 e. The van der Waals surface area contributed by atoms with Gasteiger partial charge >= 0.3 is 0 Å². The van der Waals surface area contributed by atoms with E-state index in [1.807, 2.05) is 6.92 Å². The van der Waals surface area contributed by atoms with E-state index in [-0.39, 0.29) is 48.2 Å². The Kier molecular flexibility index (Phi) is 8.65. The molecule has 0 saturated heterocycles. The highest BCUT2D eigenvalue weighted by Gasteiger charge is 2.33. The smallest absolute Gasteiger partial charge is 0.168 e. The molecule has 142 valence electrons. The SMILES string of the molecule is CC/C(=N/OC/C=C/Cl)C1=C(O)CC(CC(C)S(=O)(=O)CC)CC1=O. The molecule has 6 nitrogen and oxygen atoms in total. The molecule has 0 aromatic rings. The monoisotopic (exact) mass is 391 g/mol. The fourth-order valence-electron chi connectivity index (χ4n) is 2.85. The van der Waals surface area contributed by atoms with Crippen molar-refractivity contribution in [3.8, 4) is 0 Å². The topological polar surface area (TPSA) is 93.0 Å². The predicted molar refractivity (Wildman–Crippen MR) is 99.6 cm³/mol. The Morgan fingerprint density at radius 1 is 1.44 bits per heavy atom. The first kappa shape index (κ1) is 21.7. The molecule has 0 aromatic carbocycles. The van der Waals surface area contributed by atoms with E-state index in [0.717, 1.165) is 0 Å². The Morgan fingerprint density at radius 3 is 2.64 bits per heavy atom. The van der Waals surface area contributed by atoms with E-state index in [1.165, 1.54) is 5.54 Å². The van der Waals surface area contributed by atoms with Gasteiger partial charge < -0.3 is 9.94 Å². The number of allylic oxidation sites excluding steroid dienone is 2. The second kappa shape index (κ2) is 9.97. The van der Waals surface area contributed by atoms with Crippen LogP contribution < -0.4 is 0 Å². The quantitative estimate of drug-likeness (QED) is 0.368. The molecule has 0 heterocycles. The highest BCUT2D eigenvalue weighted by Crippen LogP contribution is 2.31. The van der Waals surface area contributed by atoms with Crippen LogP contribution in [-0.2, 0) is 19.5 Å². The Bertz CT molecular complexity index is 667. The van der Waals surface area contributed by atoms with E-state index in [2.05, 4.69) is 5.16 Å². The van der Waals surface area contributed by atoms with Gasteiger partial charge in [-0.05, 0) is 31.8 Å². The van der Waals surface area contributed by atoms with Gasteiger partial charge in [-0.1, -0.05) is 30.6 Å². The Hall–Kier alpha value is -1.34. The van der Waals surface area contributed by atoms with Crippen molar-refractivity contribution in [2.45, 2.75) is 51.7 Å². The maximum atomic E-state index is 12.5. The molecule has 0 spiro atoms. The van der Waals surface area contributed by atoms with Crippen molar-refractivity contribution in [3.05, 3.63) is 22.9 Å².